The molecule has 0 bridgehead atoms. The SMILES string of the molecule is CC(C)(C)OC(=O)N1CC[C@@H](Cn2ccc3c(N4CCOC[C@@H]4c4ccc(C(F)(F)F)cn4)ncnc32)[C@H](F)C1.S. The van der Waals surface area contributed by atoms with Crippen molar-refractivity contribution in [3.8, 4) is 0 Å². The Morgan fingerprint density at radius 1 is 1.12 bits per heavy atom. The van der Waals surface area contributed by atoms with Crippen molar-refractivity contribution < 1.29 is 31.8 Å². The summed E-state index contributed by atoms with van der Waals surface area (Å²) in [6.45, 7) is 7.18. The monoisotopic (exact) mass is 598 g/mol. The van der Waals surface area contributed by atoms with Crippen LogP contribution in [0.4, 0.5) is 28.2 Å². The predicted molar refractivity (Wildman–Crippen MR) is 149 cm³/mol. The molecule has 0 N–H and O–H groups in total. The van der Waals surface area contributed by atoms with E-state index in [1.807, 2.05) is 21.7 Å². The van der Waals surface area contributed by atoms with Crippen LogP contribution in [0, 0.1) is 5.92 Å². The van der Waals surface area contributed by atoms with E-state index in [1.54, 1.807) is 20.8 Å². The zero-order chi connectivity index (χ0) is 28.7. The van der Waals surface area contributed by atoms with Crippen molar-refractivity contribution in [2.45, 2.75) is 57.7 Å². The van der Waals surface area contributed by atoms with Gasteiger partial charge in [0.25, 0.3) is 0 Å². The zero-order valence-electron chi connectivity index (χ0n) is 23.1. The van der Waals surface area contributed by atoms with Crippen LogP contribution in [0.5, 0.6) is 0 Å². The Kier molecular flexibility index (Phi) is 9.02. The molecule has 2 aliphatic rings. The van der Waals surface area contributed by atoms with Crippen molar-refractivity contribution >= 4 is 36.4 Å². The summed E-state index contributed by atoms with van der Waals surface area (Å²) in [6.07, 6.45) is -1.64. The smallest absolute Gasteiger partial charge is 0.417 e. The number of nitrogens with zero attached hydrogens (tertiary/aromatic N) is 6. The van der Waals surface area contributed by atoms with E-state index in [2.05, 4.69) is 15.0 Å². The number of rotatable bonds is 4. The summed E-state index contributed by atoms with van der Waals surface area (Å²) in [5.74, 6) is 0.287. The molecule has 3 atom stereocenters. The largest absolute Gasteiger partial charge is 0.444 e. The fourth-order valence-corrected chi connectivity index (χ4v) is 5.14. The molecule has 2 saturated heterocycles. The lowest BCUT2D eigenvalue weighted by molar-refractivity contribution is -0.137. The van der Waals surface area contributed by atoms with Gasteiger partial charge in [-0.25, -0.2) is 19.2 Å². The number of piperidine rings is 1. The Bertz CT molecular complexity index is 1350. The van der Waals surface area contributed by atoms with E-state index in [9.17, 15) is 18.0 Å². The highest BCUT2D eigenvalue weighted by Gasteiger charge is 2.35. The topological polar surface area (TPSA) is 85.6 Å². The van der Waals surface area contributed by atoms with Crippen molar-refractivity contribution in [1.82, 2.24) is 24.4 Å². The quantitative estimate of drug-likeness (QED) is 0.385. The van der Waals surface area contributed by atoms with E-state index < -0.39 is 35.6 Å². The van der Waals surface area contributed by atoms with Crippen LogP contribution in [0.15, 0.2) is 36.9 Å². The molecule has 0 radical (unpaired) electrons. The van der Waals surface area contributed by atoms with E-state index in [-0.39, 0.29) is 32.6 Å². The Morgan fingerprint density at radius 2 is 1.90 bits per heavy atom. The maximum Gasteiger partial charge on any atom is 0.417 e. The third kappa shape index (κ3) is 6.85. The van der Waals surface area contributed by atoms with Gasteiger partial charge in [0.2, 0.25) is 0 Å². The summed E-state index contributed by atoms with van der Waals surface area (Å²) in [5.41, 5.74) is -0.402. The number of anilines is 1. The lowest BCUT2D eigenvalue weighted by atomic mass is 9.95. The molecule has 9 nitrogen and oxygen atoms in total. The van der Waals surface area contributed by atoms with Gasteiger partial charge in [0.05, 0.1) is 42.4 Å². The third-order valence-electron chi connectivity index (χ3n) is 7.15. The highest BCUT2D eigenvalue weighted by molar-refractivity contribution is 7.59. The summed E-state index contributed by atoms with van der Waals surface area (Å²) < 4.78 is 67.2. The number of morpholine rings is 1. The number of alkyl halides is 4. The highest BCUT2D eigenvalue weighted by atomic mass is 32.1. The molecule has 0 aromatic carbocycles. The number of likely N-dealkylation sites (tertiary alicyclic amines) is 1. The normalized spacial score (nSPS) is 22.0. The van der Waals surface area contributed by atoms with E-state index in [1.165, 1.54) is 17.3 Å². The van der Waals surface area contributed by atoms with E-state index in [0.717, 1.165) is 17.6 Å². The molecule has 0 unspecified atom stereocenters. The van der Waals surface area contributed by atoms with Crippen LogP contribution >= 0.6 is 13.5 Å². The molecule has 2 fully saturated rings. The molecule has 1 amide bonds. The van der Waals surface area contributed by atoms with Crippen molar-refractivity contribution in [3.63, 3.8) is 0 Å². The molecule has 5 heterocycles. The van der Waals surface area contributed by atoms with Crippen LogP contribution in [0.2, 0.25) is 0 Å². The summed E-state index contributed by atoms with van der Waals surface area (Å²) in [4.78, 5) is 28.8. The van der Waals surface area contributed by atoms with Crippen LogP contribution < -0.4 is 4.90 Å². The molecule has 5 rings (SSSR count). The molecular formula is C27H34F4N6O3S. The van der Waals surface area contributed by atoms with Gasteiger partial charge < -0.3 is 23.8 Å². The minimum absolute atomic E-state index is 0. The molecule has 2 aliphatic heterocycles. The number of ether oxygens (including phenoxy) is 2. The first-order chi connectivity index (χ1) is 18.9. The molecule has 224 valence electrons. The van der Waals surface area contributed by atoms with E-state index in [0.29, 0.717) is 49.8 Å². The number of halogens is 4. The number of amides is 1. The van der Waals surface area contributed by atoms with Gasteiger partial charge in [-0.3, -0.25) is 4.98 Å². The maximum atomic E-state index is 15.2. The molecule has 3 aromatic rings. The Balaban J connectivity index is 0.00000387. The number of hydrogen-bond acceptors (Lipinski definition) is 7. The summed E-state index contributed by atoms with van der Waals surface area (Å²) >= 11 is 0. The fourth-order valence-electron chi connectivity index (χ4n) is 5.14. The molecule has 0 spiro atoms. The highest BCUT2D eigenvalue weighted by Crippen LogP contribution is 2.35. The second kappa shape index (κ2) is 12.0. The van der Waals surface area contributed by atoms with Gasteiger partial charge in [0.15, 0.2) is 0 Å². The zero-order valence-corrected chi connectivity index (χ0v) is 24.1. The number of pyridine rings is 1. The van der Waals surface area contributed by atoms with E-state index >= 15 is 4.39 Å². The van der Waals surface area contributed by atoms with Gasteiger partial charge in [0, 0.05) is 37.9 Å². The van der Waals surface area contributed by atoms with Crippen molar-refractivity contribution in [1.29, 1.82) is 0 Å². The van der Waals surface area contributed by atoms with Crippen molar-refractivity contribution in [2.75, 3.05) is 37.7 Å². The number of carbonyl (C=O) groups excluding carboxylic acids is 1. The molecular weight excluding hydrogens is 564 g/mol. The second-order valence-electron chi connectivity index (χ2n) is 11.1. The van der Waals surface area contributed by atoms with Gasteiger partial charge in [-0.15, -0.1) is 0 Å². The number of hydrogen-bond donors (Lipinski definition) is 0. The first-order valence-electron chi connectivity index (χ1n) is 13.2. The number of aromatic nitrogens is 4. The Labute approximate surface area is 242 Å². The lowest BCUT2D eigenvalue weighted by Crippen LogP contribution is -2.47. The van der Waals surface area contributed by atoms with Gasteiger partial charge in [-0.1, -0.05) is 0 Å². The average Bonchev–Trinajstić information content (AvgIpc) is 3.31. The van der Waals surface area contributed by atoms with Crippen LogP contribution in [0.25, 0.3) is 11.0 Å². The minimum Gasteiger partial charge on any atom is -0.444 e. The standard InChI is InChI=1S/C27H32F4N6O3.H2S/c1-26(2,3)40-25(38)36-8-6-17(20(28)14-36)13-35-9-7-19-23(35)33-16-34-24(19)37-10-11-39-15-22(37)21-5-4-18(12-32-21)27(29,30)31;/h4-5,7,9,12,16-17,20,22H,6,8,10-11,13-15H2,1-3H3;1H2/t17-,20+,22+;/m0./s1. The Hall–Kier alpha value is -3.13. The first-order valence-corrected chi connectivity index (χ1v) is 13.2. The molecule has 0 saturated carbocycles. The third-order valence-corrected chi connectivity index (χ3v) is 7.15. The molecule has 41 heavy (non-hydrogen) atoms. The van der Waals surface area contributed by atoms with Crippen molar-refractivity contribution in [2.24, 2.45) is 5.92 Å². The molecule has 0 aliphatic carbocycles. The van der Waals surface area contributed by atoms with Crippen LogP contribution in [0.3, 0.4) is 0 Å². The second-order valence-corrected chi connectivity index (χ2v) is 11.1. The summed E-state index contributed by atoms with van der Waals surface area (Å²) in [5, 5.41) is 0.739. The minimum atomic E-state index is -4.47. The van der Waals surface area contributed by atoms with Gasteiger partial charge in [-0.2, -0.15) is 26.7 Å². The number of carbonyl (C=O) groups is 1. The Morgan fingerprint density at radius 3 is 2.56 bits per heavy atom. The van der Waals surface area contributed by atoms with Gasteiger partial charge >= 0.3 is 12.3 Å². The number of fused-ring (bicyclic) bond motifs is 1. The summed E-state index contributed by atoms with van der Waals surface area (Å²) in [6, 6.07) is 3.80. The van der Waals surface area contributed by atoms with Gasteiger partial charge in [-0.05, 0) is 45.4 Å². The predicted octanol–water partition coefficient (Wildman–Crippen LogP) is 5.13. The summed E-state index contributed by atoms with van der Waals surface area (Å²) in [7, 11) is 0. The van der Waals surface area contributed by atoms with Crippen LogP contribution in [-0.2, 0) is 22.2 Å². The molecule has 14 heteroatoms. The van der Waals surface area contributed by atoms with Gasteiger partial charge in [0.1, 0.15) is 29.6 Å². The lowest BCUT2D eigenvalue weighted by Gasteiger charge is -2.36. The van der Waals surface area contributed by atoms with Crippen LogP contribution in [0.1, 0.15) is 44.5 Å². The first kappa shape index (κ1) is 30.8. The molecule has 3 aromatic heterocycles. The van der Waals surface area contributed by atoms with Crippen molar-refractivity contribution in [3.05, 3.63) is 48.2 Å². The maximum absolute atomic E-state index is 15.2. The average molecular weight is 599 g/mol. The van der Waals surface area contributed by atoms with Crippen LogP contribution in [-0.4, -0.2) is 75.1 Å². The fraction of sp³-hybridized carbons (Fsp3) is 0.556. The van der Waals surface area contributed by atoms with E-state index in [4.69, 9.17) is 9.47 Å².